The van der Waals surface area contributed by atoms with Crippen LogP contribution in [0.5, 0.6) is 5.88 Å². The summed E-state index contributed by atoms with van der Waals surface area (Å²) < 4.78 is 61.5. The lowest BCUT2D eigenvalue weighted by Gasteiger charge is -2.30. The molecule has 13 heteroatoms. The van der Waals surface area contributed by atoms with Crippen LogP contribution in [0.1, 0.15) is 52.9 Å². The van der Waals surface area contributed by atoms with Gasteiger partial charge in [-0.05, 0) is 51.7 Å². The summed E-state index contributed by atoms with van der Waals surface area (Å²) in [5, 5.41) is 5.22. The zero-order valence-corrected chi connectivity index (χ0v) is 20.5. The topological polar surface area (TPSA) is 136 Å². The van der Waals surface area contributed by atoms with Crippen molar-refractivity contribution in [2.75, 3.05) is 19.0 Å². The molecule has 192 valence electrons. The van der Waals surface area contributed by atoms with Crippen LogP contribution in [-0.4, -0.2) is 57.1 Å². The summed E-state index contributed by atoms with van der Waals surface area (Å²) in [6.07, 6.45) is 0.793. The lowest BCUT2D eigenvalue weighted by atomic mass is 9.83. The Hall–Kier alpha value is -2.54. The molecule has 10 nitrogen and oxygen atoms in total. The number of rotatable bonds is 9. The minimum atomic E-state index is -4.31. The fourth-order valence-corrected chi connectivity index (χ4v) is 4.71. The van der Waals surface area contributed by atoms with E-state index in [9.17, 15) is 26.8 Å². The number of pyridine rings is 1. The molecule has 1 heterocycles. The molecule has 2 rings (SSSR count). The summed E-state index contributed by atoms with van der Waals surface area (Å²) >= 11 is 0. The molecule has 0 spiro atoms. The highest BCUT2D eigenvalue weighted by atomic mass is 32.2. The van der Waals surface area contributed by atoms with Crippen molar-refractivity contribution in [3.8, 4) is 5.88 Å². The third-order valence-electron chi connectivity index (χ3n) is 5.06. The van der Waals surface area contributed by atoms with Crippen LogP contribution in [0.2, 0.25) is 0 Å². The Morgan fingerprint density at radius 1 is 1.18 bits per heavy atom. The Morgan fingerprint density at radius 3 is 2.38 bits per heavy atom. The van der Waals surface area contributed by atoms with E-state index < -0.39 is 51.5 Å². The Balaban J connectivity index is 2.22. The van der Waals surface area contributed by atoms with Crippen molar-refractivity contribution in [3.63, 3.8) is 0 Å². The number of carbonyl (C=O) groups excluding carboxylic acids is 2. The van der Waals surface area contributed by atoms with Gasteiger partial charge in [0.15, 0.2) is 0 Å². The number of alkyl carbamates (subject to hydrolysis) is 1. The minimum absolute atomic E-state index is 0.0264. The number of ether oxygens (including phenoxy) is 2. The lowest BCUT2D eigenvalue weighted by Crippen LogP contribution is -2.50. The van der Waals surface area contributed by atoms with E-state index in [0.29, 0.717) is 0 Å². The summed E-state index contributed by atoms with van der Waals surface area (Å²) in [5.41, 5.74) is -0.744. The van der Waals surface area contributed by atoms with Crippen LogP contribution in [0, 0.1) is 5.92 Å². The van der Waals surface area contributed by atoms with Crippen LogP contribution in [0.4, 0.5) is 19.4 Å². The highest BCUT2D eigenvalue weighted by Gasteiger charge is 2.33. The number of nitrogens with one attached hydrogen (secondary N) is 3. The first-order chi connectivity index (χ1) is 15.8. The van der Waals surface area contributed by atoms with E-state index in [-0.39, 0.29) is 17.6 Å². The minimum Gasteiger partial charge on any atom is -0.480 e. The molecule has 3 N–H and O–H groups in total. The Kier molecular flexibility index (Phi) is 9.56. The molecule has 34 heavy (non-hydrogen) atoms. The van der Waals surface area contributed by atoms with Crippen molar-refractivity contribution < 1.29 is 36.3 Å². The maximum Gasteiger partial charge on any atom is 0.408 e. The molecule has 0 radical (unpaired) electrons. The number of halogens is 2. The molecular weight excluding hydrogens is 474 g/mol. The first kappa shape index (κ1) is 27.7. The second-order valence-electron chi connectivity index (χ2n) is 8.96. The van der Waals surface area contributed by atoms with Gasteiger partial charge in [-0.3, -0.25) is 4.79 Å². The molecule has 1 unspecified atom stereocenters. The highest BCUT2D eigenvalue weighted by Crippen LogP contribution is 2.28. The first-order valence-corrected chi connectivity index (χ1v) is 12.4. The van der Waals surface area contributed by atoms with Crippen LogP contribution in [0.3, 0.4) is 0 Å². The monoisotopic (exact) mass is 506 g/mol. The third-order valence-corrected chi connectivity index (χ3v) is 6.50. The SMILES string of the molecule is COc1nc(NC(=O)C(NC(=O)OC(C)(C)C)C2CCCCC2)ccc1S(=O)(=O)NCC(F)F. The van der Waals surface area contributed by atoms with Gasteiger partial charge < -0.3 is 20.1 Å². The number of carbonyl (C=O) groups is 2. The van der Waals surface area contributed by atoms with Crippen molar-refractivity contribution in [1.82, 2.24) is 15.0 Å². The average Bonchev–Trinajstić information content (AvgIpc) is 2.75. The summed E-state index contributed by atoms with van der Waals surface area (Å²) in [4.78, 5) is 29.0. The Morgan fingerprint density at radius 2 is 1.82 bits per heavy atom. The third kappa shape index (κ3) is 8.35. The summed E-state index contributed by atoms with van der Waals surface area (Å²) in [6, 6.07) is 1.41. The predicted octanol–water partition coefficient (Wildman–Crippen LogP) is 3.05. The van der Waals surface area contributed by atoms with Gasteiger partial charge in [0.05, 0.1) is 13.7 Å². The Labute approximate surface area is 198 Å². The van der Waals surface area contributed by atoms with E-state index in [1.807, 2.05) is 0 Å². The number of hydrogen-bond acceptors (Lipinski definition) is 7. The number of hydrogen-bond donors (Lipinski definition) is 3. The molecule has 1 aromatic heterocycles. The standard InChI is InChI=1S/C21H32F2N4O6S/c1-21(2,3)33-20(29)27-17(13-8-6-5-7-9-13)18(28)25-16-11-10-14(19(26-16)32-4)34(30,31)24-12-15(22)23/h10-11,13,15,17,24H,5-9,12H2,1-4H3,(H,27,29)(H,25,26,28). The van der Waals surface area contributed by atoms with Crippen molar-refractivity contribution in [2.24, 2.45) is 5.92 Å². The van der Waals surface area contributed by atoms with Crippen molar-refractivity contribution in [3.05, 3.63) is 12.1 Å². The van der Waals surface area contributed by atoms with Crippen LogP contribution < -0.4 is 20.1 Å². The van der Waals surface area contributed by atoms with E-state index in [0.717, 1.165) is 45.3 Å². The zero-order valence-electron chi connectivity index (χ0n) is 19.7. The van der Waals surface area contributed by atoms with E-state index in [4.69, 9.17) is 9.47 Å². The number of sulfonamides is 1. The number of amides is 2. The molecule has 2 amide bonds. The van der Waals surface area contributed by atoms with E-state index >= 15 is 0 Å². The molecule has 1 aromatic rings. The van der Waals surface area contributed by atoms with Gasteiger partial charge in [0, 0.05) is 0 Å². The summed E-state index contributed by atoms with van der Waals surface area (Å²) in [6.45, 7) is 4.07. The maximum atomic E-state index is 13.1. The summed E-state index contributed by atoms with van der Waals surface area (Å²) in [7, 11) is -3.15. The second kappa shape index (κ2) is 11.7. The number of alkyl halides is 2. The molecule has 1 saturated carbocycles. The van der Waals surface area contributed by atoms with E-state index in [2.05, 4.69) is 15.6 Å². The van der Waals surface area contributed by atoms with Crippen molar-refractivity contribution in [1.29, 1.82) is 0 Å². The molecule has 0 aromatic carbocycles. The molecule has 0 bridgehead atoms. The van der Waals surface area contributed by atoms with Crippen LogP contribution in [-0.2, 0) is 19.6 Å². The van der Waals surface area contributed by atoms with Crippen LogP contribution >= 0.6 is 0 Å². The first-order valence-electron chi connectivity index (χ1n) is 11.0. The molecule has 1 aliphatic carbocycles. The van der Waals surface area contributed by atoms with Gasteiger partial charge >= 0.3 is 6.09 Å². The number of methoxy groups -OCH3 is 1. The average molecular weight is 507 g/mol. The lowest BCUT2D eigenvalue weighted by molar-refractivity contribution is -0.119. The van der Waals surface area contributed by atoms with Crippen LogP contribution in [0.25, 0.3) is 0 Å². The molecule has 0 aliphatic heterocycles. The van der Waals surface area contributed by atoms with Gasteiger partial charge in [0.1, 0.15) is 22.4 Å². The molecular formula is C21H32F2N4O6S. The molecule has 1 fully saturated rings. The quantitative estimate of drug-likeness (QED) is 0.468. The molecule has 1 atom stereocenters. The normalized spacial score (nSPS) is 16.1. The van der Waals surface area contributed by atoms with Gasteiger partial charge in [-0.1, -0.05) is 19.3 Å². The van der Waals surface area contributed by atoms with Gasteiger partial charge in [0.2, 0.25) is 21.8 Å². The van der Waals surface area contributed by atoms with Gasteiger partial charge in [-0.15, -0.1) is 0 Å². The molecule has 0 saturated heterocycles. The van der Waals surface area contributed by atoms with Crippen LogP contribution in [0.15, 0.2) is 17.0 Å². The van der Waals surface area contributed by atoms with Gasteiger partial charge in [0.25, 0.3) is 6.43 Å². The largest absolute Gasteiger partial charge is 0.480 e. The van der Waals surface area contributed by atoms with E-state index in [1.54, 1.807) is 25.5 Å². The summed E-state index contributed by atoms with van der Waals surface area (Å²) in [5.74, 6) is -1.06. The van der Waals surface area contributed by atoms with Gasteiger partial charge in [-0.2, -0.15) is 4.98 Å². The number of anilines is 1. The fourth-order valence-electron chi connectivity index (χ4n) is 3.60. The number of aromatic nitrogens is 1. The maximum absolute atomic E-state index is 13.1. The zero-order chi connectivity index (χ0) is 25.5. The highest BCUT2D eigenvalue weighted by molar-refractivity contribution is 7.89. The van der Waals surface area contributed by atoms with Crippen molar-refractivity contribution in [2.45, 2.75) is 75.8 Å². The number of nitrogens with zero attached hydrogens (tertiary/aromatic N) is 1. The predicted molar refractivity (Wildman–Crippen MR) is 120 cm³/mol. The van der Waals surface area contributed by atoms with Gasteiger partial charge in [-0.25, -0.2) is 26.7 Å². The smallest absolute Gasteiger partial charge is 0.408 e. The molecule has 1 aliphatic rings. The second-order valence-corrected chi connectivity index (χ2v) is 10.7. The van der Waals surface area contributed by atoms with E-state index in [1.165, 1.54) is 6.07 Å². The fraction of sp³-hybridized carbons (Fsp3) is 0.667. The van der Waals surface area contributed by atoms with Crippen molar-refractivity contribution >= 4 is 27.8 Å². The Bertz CT molecular complexity index is 963.